The lowest BCUT2D eigenvalue weighted by molar-refractivity contribution is 0.102. The van der Waals surface area contributed by atoms with Gasteiger partial charge in [-0.25, -0.2) is 9.97 Å². The number of hydrogen-bond donors (Lipinski definition) is 2. The third-order valence-electron chi connectivity index (χ3n) is 3.99. The highest BCUT2D eigenvalue weighted by Gasteiger charge is 2.08. The average molecular weight is 332 g/mol. The summed E-state index contributed by atoms with van der Waals surface area (Å²) < 4.78 is 0. The van der Waals surface area contributed by atoms with Gasteiger partial charge < -0.3 is 10.6 Å². The van der Waals surface area contributed by atoms with E-state index >= 15 is 0 Å². The fraction of sp³-hybridized carbons (Fsp3) is 0.150. The Labute approximate surface area is 147 Å². The molecule has 25 heavy (non-hydrogen) atoms. The molecule has 1 heterocycles. The summed E-state index contributed by atoms with van der Waals surface area (Å²) >= 11 is 0. The molecule has 0 atom stereocenters. The van der Waals surface area contributed by atoms with Crippen LogP contribution in [0.3, 0.4) is 0 Å². The highest BCUT2D eigenvalue weighted by Crippen LogP contribution is 2.17. The van der Waals surface area contributed by atoms with Gasteiger partial charge in [0.25, 0.3) is 5.91 Å². The van der Waals surface area contributed by atoms with Gasteiger partial charge in [-0.05, 0) is 56.2 Å². The van der Waals surface area contributed by atoms with Crippen molar-refractivity contribution < 1.29 is 4.79 Å². The molecule has 1 aromatic heterocycles. The molecule has 0 saturated heterocycles. The normalized spacial score (nSPS) is 10.4. The maximum Gasteiger partial charge on any atom is 0.258 e. The van der Waals surface area contributed by atoms with Gasteiger partial charge in [0.1, 0.15) is 0 Å². The second-order valence-corrected chi connectivity index (χ2v) is 6.04. The highest BCUT2D eigenvalue weighted by molar-refractivity contribution is 6.03. The van der Waals surface area contributed by atoms with E-state index in [1.165, 1.54) is 23.5 Å². The molecule has 0 aliphatic heterocycles. The first kappa shape index (κ1) is 16.6. The Morgan fingerprint density at radius 1 is 0.840 bits per heavy atom. The fourth-order valence-corrected chi connectivity index (χ4v) is 2.30. The summed E-state index contributed by atoms with van der Waals surface area (Å²) in [5.74, 6) is 0.219. The Morgan fingerprint density at radius 2 is 1.48 bits per heavy atom. The number of nitrogens with zero attached hydrogens (tertiary/aromatic N) is 2. The molecule has 3 aromatic rings. The third-order valence-corrected chi connectivity index (χ3v) is 3.99. The van der Waals surface area contributed by atoms with Crippen molar-refractivity contribution in [1.29, 1.82) is 0 Å². The number of anilines is 3. The lowest BCUT2D eigenvalue weighted by Crippen LogP contribution is -2.13. The van der Waals surface area contributed by atoms with Crippen molar-refractivity contribution in [3.63, 3.8) is 0 Å². The van der Waals surface area contributed by atoms with E-state index in [2.05, 4.69) is 34.4 Å². The standard InChI is InChI=1S/C20H20N4O/c1-13-4-7-17(8-5-13)23-19(25)16-11-21-20(22-12-16)24-18-9-6-14(2)15(3)10-18/h4-12H,1-3H3,(H,23,25)(H,21,22,24). The van der Waals surface area contributed by atoms with E-state index in [-0.39, 0.29) is 5.91 Å². The molecule has 0 spiro atoms. The van der Waals surface area contributed by atoms with Crippen LogP contribution in [0.1, 0.15) is 27.0 Å². The molecule has 0 fully saturated rings. The van der Waals surface area contributed by atoms with Crippen molar-refractivity contribution in [3.05, 3.63) is 77.1 Å². The molecule has 5 heteroatoms. The van der Waals surface area contributed by atoms with E-state index in [0.29, 0.717) is 11.5 Å². The van der Waals surface area contributed by atoms with Crippen molar-refractivity contribution in [2.24, 2.45) is 0 Å². The SMILES string of the molecule is Cc1ccc(NC(=O)c2cnc(Nc3ccc(C)c(C)c3)nc2)cc1. The number of aryl methyl sites for hydroxylation is 3. The van der Waals surface area contributed by atoms with Crippen molar-refractivity contribution in [3.8, 4) is 0 Å². The van der Waals surface area contributed by atoms with Crippen LogP contribution in [0, 0.1) is 20.8 Å². The summed E-state index contributed by atoms with van der Waals surface area (Å²) in [6.45, 7) is 6.12. The van der Waals surface area contributed by atoms with Gasteiger partial charge in [0.15, 0.2) is 0 Å². The molecule has 126 valence electrons. The molecule has 0 aliphatic carbocycles. The maximum absolute atomic E-state index is 12.2. The molecule has 0 saturated carbocycles. The Morgan fingerprint density at radius 3 is 2.12 bits per heavy atom. The molecule has 5 nitrogen and oxygen atoms in total. The largest absolute Gasteiger partial charge is 0.324 e. The number of rotatable bonds is 4. The van der Waals surface area contributed by atoms with Crippen LogP contribution < -0.4 is 10.6 Å². The van der Waals surface area contributed by atoms with Gasteiger partial charge in [-0.15, -0.1) is 0 Å². The van der Waals surface area contributed by atoms with E-state index in [4.69, 9.17) is 0 Å². The molecular weight excluding hydrogens is 312 g/mol. The topological polar surface area (TPSA) is 66.9 Å². The van der Waals surface area contributed by atoms with Crippen LogP contribution in [0.2, 0.25) is 0 Å². The predicted molar refractivity (Wildman–Crippen MR) is 100 cm³/mol. The zero-order valence-corrected chi connectivity index (χ0v) is 14.5. The van der Waals surface area contributed by atoms with Gasteiger partial charge in [0.05, 0.1) is 5.56 Å². The van der Waals surface area contributed by atoms with Gasteiger partial charge in [-0.2, -0.15) is 0 Å². The average Bonchev–Trinajstić information content (AvgIpc) is 2.61. The van der Waals surface area contributed by atoms with E-state index < -0.39 is 0 Å². The van der Waals surface area contributed by atoms with Gasteiger partial charge in [-0.3, -0.25) is 4.79 Å². The number of amides is 1. The summed E-state index contributed by atoms with van der Waals surface area (Å²) in [4.78, 5) is 20.7. The molecular formula is C20H20N4O. The fourth-order valence-electron chi connectivity index (χ4n) is 2.30. The van der Waals surface area contributed by atoms with Gasteiger partial charge in [0.2, 0.25) is 5.95 Å². The highest BCUT2D eigenvalue weighted by atomic mass is 16.1. The third kappa shape index (κ3) is 4.20. The molecule has 1 amide bonds. The van der Waals surface area contributed by atoms with Crippen LogP contribution >= 0.6 is 0 Å². The van der Waals surface area contributed by atoms with Gasteiger partial charge in [0, 0.05) is 23.8 Å². The van der Waals surface area contributed by atoms with Crippen LogP contribution in [0.25, 0.3) is 0 Å². The van der Waals surface area contributed by atoms with Crippen molar-refractivity contribution in [2.45, 2.75) is 20.8 Å². The van der Waals surface area contributed by atoms with E-state index in [9.17, 15) is 4.79 Å². The summed E-state index contributed by atoms with van der Waals surface area (Å²) in [5, 5.41) is 5.97. The van der Waals surface area contributed by atoms with Crippen molar-refractivity contribution in [1.82, 2.24) is 9.97 Å². The Bertz CT molecular complexity index is 887. The molecule has 2 N–H and O–H groups in total. The second-order valence-electron chi connectivity index (χ2n) is 6.04. The Balaban J connectivity index is 1.67. The summed E-state index contributed by atoms with van der Waals surface area (Å²) in [5.41, 5.74) is 5.64. The molecule has 0 radical (unpaired) electrons. The maximum atomic E-state index is 12.2. The number of nitrogens with one attached hydrogen (secondary N) is 2. The number of aromatic nitrogens is 2. The molecule has 2 aromatic carbocycles. The summed E-state index contributed by atoms with van der Waals surface area (Å²) in [7, 11) is 0. The lowest BCUT2D eigenvalue weighted by atomic mass is 10.1. The van der Waals surface area contributed by atoms with E-state index in [1.54, 1.807) is 0 Å². The minimum Gasteiger partial charge on any atom is -0.324 e. The molecule has 3 rings (SSSR count). The number of hydrogen-bond acceptors (Lipinski definition) is 4. The zero-order chi connectivity index (χ0) is 17.8. The van der Waals surface area contributed by atoms with Crippen LogP contribution in [-0.4, -0.2) is 15.9 Å². The van der Waals surface area contributed by atoms with Crippen LogP contribution in [0.15, 0.2) is 54.9 Å². The van der Waals surface area contributed by atoms with Gasteiger partial charge >= 0.3 is 0 Å². The molecule has 0 unspecified atom stereocenters. The lowest BCUT2D eigenvalue weighted by Gasteiger charge is -2.08. The molecule has 0 aliphatic rings. The number of benzene rings is 2. The monoisotopic (exact) mass is 332 g/mol. The number of carbonyl (C=O) groups excluding carboxylic acids is 1. The summed E-state index contributed by atoms with van der Waals surface area (Å²) in [6.07, 6.45) is 3.03. The van der Waals surface area contributed by atoms with Crippen molar-refractivity contribution >= 4 is 23.2 Å². The van der Waals surface area contributed by atoms with E-state index in [0.717, 1.165) is 16.9 Å². The molecule has 0 bridgehead atoms. The first-order chi connectivity index (χ1) is 12.0. The van der Waals surface area contributed by atoms with Crippen LogP contribution in [0.5, 0.6) is 0 Å². The quantitative estimate of drug-likeness (QED) is 0.743. The number of carbonyl (C=O) groups is 1. The first-order valence-electron chi connectivity index (χ1n) is 8.05. The summed E-state index contributed by atoms with van der Waals surface area (Å²) in [6, 6.07) is 13.7. The van der Waals surface area contributed by atoms with E-state index in [1.807, 2.05) is 49.4 Å². The Kier molecular flexibility index (Phi) is 4.75. The zero-order valence-electron chi connectivity index (χ0n) is 14.5. The minimum atomic E-state index is -0.235. The first-order valence-corrected chi connectivity index (χ1v) is 8.05. The Hall–Kier alpha value is -3.21. The van der Waals surface area contributed by atoms with Crippen LogP contribution in [-0.2, 0) is 0 Å². The van der Waals surface area contributed by atoms with Gasteiger partial charge in [-0.1, -0.05) is 23.8 Å². The van der Waals surface area contributed by atoms with Crippen LogP contribution in [0.4, 0.5) is 17.3 Å². The smallest absolute Gasteiger partial charge is 0.258 e. The minimum absolute atomic E-state index is 0.235. The predicted octanol–water partition coefficient (Wildman–Crippen LogP) is 4.40. The van der Waals surface area contributed by atoms with Crippen molar-refractivity contribution in [2.75, 3.05) is 10.6 Å². The second kappa shape index (κ2) is 7.13.